The molecule has 0 spiro atoms. The van der Waals surface area contributed by atoms with Crippen LogP contribution in [0.25, 0.3) is 0 Å². The Balaban J connectivity index is 1.44. The van der Waals surface area contributed by atoms with Crippen LogP contribution >= 0.6 is 0 Å². The Hall–Kier alpha value is -3.46. The maximum atomic E-state index is 12.4. The van der Waals surface area contributed by atoms with Crippen molar-refractivity contribution in [3.05, 3.63) is 54.1 Å². The number of nitrogens with one attached hydrogen (secondary N) is 1. The molecule has 3 rings (SSSR count). The van der Waals surface area contributed by atoms with E-state index in [1.54, 1.807) is 24.1 Å². The highest BCUT2D eigenvalue weighted by Gasteiger charge is 2.34. The van der Waals surface area contributed by atoms with Crippen LogP contribution in [0, 0.1) is 24.7 Å². The Kier molecular flexibility index (Phi) is 6.75. The van der Waals surface area contributed by atoms with Gasteiger partial charge in [-0.3, -0.25) is 9.59 Å². The van der Waals surface area contributed by atoms with Gasteiger partial charge in [0.15, 0.2) is 0 Å². The lowest BCUT2D eigenvalue weighted by molar-refractivity contribution is -0.126. The number of carbonyl (C=O) groups is 2. The number of rotatable bonds is 6. The molecule has 1 N–H and O–H groups in total. The Labute approximate surface area is 170 Å². The van der Waals surface area contributed by atoms with Crippen molar-refractivity contribution < 1.29 is 19.1 Å². The number of ether oxygens (including phenoxy) is 2. The number of para-hydroxylation sites is 1. The second kappa shape index (κ2) is 9.65. The number of hydrogen-bond donors (Lipinski definition) is 1. The molecule has 0 aromatic heterocycles. The van der Waals surface area contributed by atoms with Crippen molar-refractivity contribution in [1.29, 1.82) is 0 Å². The van der Waals surface area contributed by atoms with E-state index in [2.05, 4.69) is 17.2 Å². The van der Waals surface area contributed by atoms with Crippen LogP contribution in [0.3, 0.4) is 0 Å². The van der Waals surface area contributed by atoms with Gasteiger partial charge in [-0.05, 0) is 42.8 Å². The zero-order valence-corrected chi connectivity index (χ0v) is 16.6. The first-order valence-corrected chi connectivity index (χ1v) is 9.44. The monoisotopic (exact) mass is 392 g/mol. The van der Waals surface area contributed by atoms with Gasteiger partial charge in [-0.25, -0.2) is 0 Å². The van der Waals surface area contributed by atoms with Gasteiger partial charge in [0.1, 0.15) is 18.1 Å². The Bertz CT molecular complexity index is 928. The van der Waals surface area contributed by atoms with Crippen LogP contribution in [-0.2, 0) is 9.59 Å². The van der Waals surface area contributed by atoms with Crippen LogP contribution in [0.5, 0.6) is 11.5 Å². The number of carbonyl (C=O) groups excluding carboxylic acids is 2. The van der Waals surface area contributed by atoms with Gasteiger partial charge in [0.2, 0.25) is 11.8 Å². The van der Waals surface area contributed by atoms with Crippen molar-refractivity contribution >= 4 is 17.5 Å². The first kappa shape index (κ1) is 20.3. The summed E-state index contributed by atoms with van der Waals surface area (Å²) in [6, 6.07) is 15.0. The normalized spacial score (nSPS) is 15.4. The van der Waals surface area contributed by atoms with E-state index in [-0.39, 0.29) is 37.3 Å². The van der Waals surface area contributed by atoms with E-state index in [0.717, 1.165) is 22.7 Å². The lowest BCUT2D eigenvalue weighted by Gasteiger charge is -2.16. The topological polar surface area (TPSA) is 67.9 Å². The molecule has 2 aromatic rings. The summed E-state index contributed by atoms with van der Waals surface area (Å²) in [6.45, 7) is 2.82. The van der Waals surface area contributed by atoms with E-state index in [1.165, 1.54) is 0 Å². The fourth-order valence-electron chi connectivity index (χ4n) is 3.12. The van der Waals surface area contributed by atoms with Crippen LogP contribution in [0.15, 0.2) is 48.5 Å². The number of methoxy groups -OCH3 is 1. The highest BCUT2D eigenvalue weighted by Crippen LogP contribution is 2.26. The third-order valence-corrected chi connectivity index (χ3v) is 4.75. The highest BCUT2D eigenvalue weighted by molar-refractivity contribution is 6.00. The van der Waals surface area contributed by atoms with Crippen molar-refractivity contribution in [3.8, 4) is 23.3 Å². The molecule has 2 amide bonds. The Morgan fingerprint density at radius 1 is 1.17 bits per heavy atom. The number of aryl methyl sites for hydroxylation is 1. The molecule has 6 nitrogen and oxygen atoms in total. The molecule has 2 aromatic carbocycles. The van der Waals surface area contributed by atoms with Crippen molar-refractivity contribution in [3.63, 3.8) is 0 Å². The first-order chi connectivity index (χ1) is 14.1. The minimum absolute atomic E-state index is 0.0620. The van der Waals surface area contributed by atoms with Crippen LogP contribution in [-0.4, -0.2) is 38.6 Å². The minimum atomic E-state index is -0.380. The third-order valence-electron chi connectivity index (χ3n) is 4.75. The fourth-order valence-corrected chi connectivity index (χ4v) is 3.12. The summed E-state index contributed by atoms with van der Waals surface area (Å²) < 4.78 is 10.7. The summed E-state index contributed by atoms with van der Waals surface area (Å²) in [6.07, 6.45) is 0.196. The SMILES string of the molecule is COc1ccc(N2CC(C(=O)NCC#CCOc3ccccc3C)CC2=O)cc1. The molecular weight excluding hydrogens is 368 g/mol. The smallest absolute Gasteiger partial charge is 0.227 e. The van der Waals surface area contributed by atoms with E-state index in [1.807, 2.05) is 43.3 Å². The zero-order chi connectivity index (χ0) is 20.6. The average Bonchev–Trinajstić information content (AvgIpc) is 3.13. The van der Waals surface area contributed by atoms with Crippen molar-refractivity contribution in [1.82, 2.24) is 5.32 Å². The summed E-state index contributed by atoms with van der Waals surface area (Å²) >= 11 is 0. The largest absolute Gasteiger partial charge is 0.497 e. The number of anilines is 1. The number of hydrogen-bond acceptors (Lipinski definition) is 4. The van der Waals surface area contributed by atoms with Crippen molar-refractivity contribution in [2.75, 3.05) is 31.7 Å². The molecule has 1 aliphatic heterocycles. The molecule has 0 saturated carbocycles. The second-order valence-electron chi connectivity index (χ2n) is 6.73. The molecule has 0 bridgehead atoms. The van der Waals surface area contributed by atoms with E-state index in [0.29, 0.717) is 6.54 Å². The predicted molar refractivity (Wildman–Crippen MR) is 111 cm³/mol. The molecule has 0 aliphatic carbocycles. The van der Waals surface area contributed by atoms with Gasteiger partial charge in [-0.15, -0.1) is 0 Å². The van der Waals surface area contributed by atoms with Crippen LogP contribution in [0.2, 0.25) is 0 Å². The summed E-state index contributed by atoms with van der Waals surface area (Å²) in [7, 11) is 1.59. The van der Waals surface area contributed by atoms with Crippen molar-refractivity contribution in [2.24, 2.45) is 5.92 Å². The quantitative estimate of drug-likeness (QED) is 0.768. The number of nitrogens with zero attached hydrogens (tertiary/aromatic N) is 1. The summed E-state index contributed by atoms with van der Waals surface area (Å²) in [5.74, 6) is 6.68. The lowest BCUT2D eigenvalue weighted by Crippen LogP contribution is -2.33. The molecule has 1 aliphatic rings. The molecule has 0 radical (unpaired) electrons. The van der Waals surface area contributed by atoms with Gasteiger partial charge in [0.25, 0.3) is 0 Å². The fraction of sp³-hybridized carbons (Fsp3) is 0.304. The van der Waals surface area contributed by atoms with Gasteiger partial charge in [-0.1, -0.05) is 30.0 Å². The van der Waals surface area contributed by atoms with Crippen molar-refractivity contribution in [2.45, 2.75) is 13.3 Å². The molecule has 1 heterocycles. The van der Waals surface area contributed by atoms with E-state index < -0.39 is 0 Å². The molecular formula is C23H24N2O4. The van der Waals surface area contributed by atoms with Gasteiger partial charge in [0.05, 0.1) is 19.6 Å². The number of benzene rings is 2. The van der Waals surface area contributed by atoms with E-state index in [4.69, 9.17) is 9.47 Å². The predicted octanol–water partition coefficient (Wildman–Crippen LogP) is 2.56. The Morgan fingerprint density at radius 2 is 1.93 bits per heavy atom. The van der Waals surface area contributed by atoms with Gasteiger partial charge in [0, 0.05) is 18.7 Å². The minimum Gasteiger partial charge on any atom is -0.497 e. The van der Waals surface area contributed by atoms with E-state index >= 15 is 0 Å². The summed E-state index contributed by atoms with van der Waals surface area (Å²) in [5.41, 5.74) is 1.81. The molecule has 1 fully saturated rings. The maximum absolute atomic E-state index is 12.4. The van der Waals surface area contributed by atoms with Gasteiger partial charge < -0.3 is 19.7 Å². The summed E-state index contributed by atoms with van der Waals surface area (Å²) in [5, 5.41) is 2.78. The van der Waals surface area contributed by atoms with Gasteiger partial charge >= 0.3 is 0 Å². The molecule has 6 heteroatoms. The second-order valence-corrected chi connectivity index (χ2v) is 6.73. The average molecular weight is 392 g/mol. The first-order valence-electron chi connectivity index (χ1n) is 9.44. The third kappa shape index (κ3) is 5.29. The standard InChI is InChI=1S/C23H24N2O4/c1-17-7-3-4-8-21(17)29-14-6-5-13-24-23(27)18-15-22(26)25(16-18)19-9-11-20(28-2)12-10-19/h3-4,7-12,18H,13-16H2,1-2H3,(H,24,27). The lowest BCUT2D eigenvalue weighted by atomic mass is 10.1. The van der Waals surface area contributed by atoms with Crippen LogP contribution in [0.1, 0.15) is 12.0 Å². The highest BCUT2D eigenvalue weighted by atomic mass is 16.5. The number of amides is 2. The summed E-state index contributed by atoms with van der Waals surface area (Å²) in [4.78, 5) is 26.3. The Morgan fingerprint density at radius 3 is 2.66 bits per heavy atom. The zero-order valence-electron chi connectivity index (χ0n) is 16.6. The maximum Gasteiger partial charge on any atom is 0.227 e. The van der Waals surface area contributed by atoms with Crippen LogP contribution in [0.4, 0.5) is 5.69 Å². The van der Waals surface area contributed by atoms with Gasteiger partial charge in [-0.2, -0.15) is 0 Å². The molecule has 150 valence electrons. The molecule has 1 unspecified atom stereocenters. The van der Waals surface area contributed by atoms with Crippen LogP contribution < -0.4 is 19.7 Å². The van der Waals surface area contributed by atoms with E-state index in [9.17, 15) is 9.59 Å². The molecule has 1 atom stereocenters. The molecule has 1 saturated heterocycles. The molecule has 29 heavy (non-hydrogen) atoms.